The summed E-state index contributed by atoms with van der Waals surface area (Å²) in [5.41, 5.74) is 1.84. The van der Waals surface area contributed by atoms with Gasteiger partial charge in [0.25, 0.3) is 5.91 Å². The van der Waals surface area contributed by atoms with E-state index in [0.717, 1.165) is 25.7 Å². The zero-order chi connectivity index (χ0) is 22.3. The Morgan fingerprint density at radius 2 is 1.84 bits per heavy atom. The molecule has 0 bridgehead atoms. The predicted octanol–water partition coefficient (Wildman–Crippen LogP) is 4.12. The number of hydrogen-bond donors (Lipinski definition) is 0. The van der Waals surface area contributed by atoms with E-state index >= 15 is 0 Å². The Hall–Kier alpha value is -3.02. The van der Waals surface area contributed by atoms with Gasteiger partial charge in [0.05, 0.1) is 25.7 Å². The van der Waals surface area contributed by atoms with E-state index in [0.29, 0.717) is 50.0 Å². The van der Waals surface area contributed by atoms with E-state index in [1.807, 2.05) is 36.1 Å². The van der Waals surface area contributed by atoms with Crippen LogP contribution in [-0.4, -0.2) is 49.7 Å². The summed E-state index contributed by atoms with van der Waals surface area (Å²) in [4.78, 5) is 27.4. The molecule has 2 aliphatic rings. The summed E-state index contributed by atoms with van der Waals surface area (Å²) in [5.74, 6) is 1.18. The van der Waals surface area contributed by atoms with Crippen LogP contribution in [0.15, 0.2) is 48.5 Å². The van der Waals surface area contributed by atoms with Crippen molar-refractivity contribution in [3.63, 3.8) is 0 Å². The van der Waals surface area contributed by atoms with Crippen LogP contribution >= 0.6 is 0 Å². The molecule has 1 amide bonds. The van der Waals surface area contributed by atoms with Gasteiger partial charge in [-0.05, 0) is 55.9 Å². The molecule has 170 valence electrons. The van der Waals surface area contributed by atoms with Gasteiger partial charge in [-0.1, -0.05) is 30.3 Å². The minimum absolute atomic E-state index is 0.0387. The summed E-state index contributed by atoms with van der Waals surface area (Å²) in [6, 6.07) is 15.7. The molecule has 2 aromatic rings. The average Bonchev–Trinajstić information content (AvgIpc) is 3.61. The van der Waals surface area contributed by atoms with Gasteiger partial charge < -0.3 is 19.1 Å². The molecular formula is C26H31NO5. The fourth-order valence-corrected chi connectivity index (χ4v) is 4.14. The Labute approximate surface area is 189 Å². The first kappa shape index (κ1) is 22.2. The van der Waals surface area contributed by atoms with Crippen LogP contribution in [0.5, 0.6) is 11.5 Å². The van der Waals surface area contributed by atoms with Crippen molar-refractivity contribution in [2.24, 2.45) is 11.8 Å². The molecule has 0 saturated heterocycles. The molecule has 0 aromatic heterocycles. The highest BCUT2D eigenvalue weighted by Gasteiger charge is 2.45. The van der Waals surface area contributed by atoms with Crippen molar-refractivity contribution in [1.29, 1.82) is 0 Å². The summed E-state index contributed by atoms with van der Waals surface area (Å²) in [7, 11) is 0. The molecule has 2 aromatic carbocycles. The molecule has 0 radical (unpaired) electrons. The van der Waals surface area contributed by atoms with Crippen molar-refractivity contribution < 1.29 is 23.8 Å². The topological polar surface area (TPSA) is 65.1 Å². The zero-order valence-electron chi connectivity index (χ0n) is 18.6. The van der Waals surface area contributed by atoms with E-state index in [1.54, 1.807) is 12.1 Å². The van der Waals surface area contributed by atoms with Gasteiger partial charge >= 0.3 is 5.97 Å². The highest BCUT2D eigenvalue weighted by Crippen LogP contribution is 2.40. The maximum Gasteiger partial charge on any atom is 0.309 e. The standard InChI is InChI=1S/C26H31NO5/c1-2-30-26(29)22-16-21(22)18-27(13-6-10-19-8-4-3-5-9-19)25(28)20-11-12-23-24(17-20)32-15-7-14-31-23/h3-5,8-9,11-12,17,21-22H,2,6-7,10,13-16,18H2,1H3. The number of nitrogens with zero attached hydrogens (tertiary/aromatic N) is 1. The van der Waals surface area contributed by atoms with Crippen LogP contribution < -0.4 is 9.47 Å². The normalized spacial score (nSPS) is 19.0. The number of aryl methyl sites for hydroxylation is 1. The van der Waals surface area contributed by atoms with Gasteiger partial charge in [0.15, 0.2) is 11.5 Å². The first-order valence-corrected chi connectivity index (χ1v) is 11.5. The maximum atomic E-state index is 13.4. The lowest BCUT2D eigenvalue weighted by Crippen LogP contribution is -2.34. The number of carbonyl (C=O) groups excluding carboxylic acids is 2. The maximum absolute atomic E-state index is 13.4. The monoisotopic (exact) mass is 437 g/mol. The van der Waals surface area contributed by atoms with Gasteiger partial charge in [-0.3, -0.25) is 9.59 Å². The Morgan fingerprint density at radius 1 is 1.06 bits per heavy atom. The summed E-state index contributed by atoms with van der Waals surface area (Å²) < 4.78 is 16.6. The molecule has 0 N–H and O–H groups in total. The number of ether oxygens (including phenoxy) is 3. The fraction of sp³-hybridized carbons (Fsp3) is 0.462. The lowest BCUT2D eigenvalue weighted by molar-refractivity contribution is -0.145. The lowest BCUT2D eigenvalue weighted by atomic mass is 10.1. The van der Waals surface area contributed by atoms with E-state index in [9.17, 15) is 9.59 Å². The quantitative estimate of drug-likeness (QED) is 0.552. The molecule has 1 heterocycles. The smallest absolute Gasteiger partial charge is 0.309 e. The predicted molar refractivity (Wildman–Crippen MR) is 121 cm³/mol. The highest BCUT2D eigenvalue weighted by atomic mass is 16.5. The van der Waals surface area contributed by atoms with Gasteiger partial charge in [0.2, 0.25) is 0 Å². The Balaban J connectivity index is 1.44. The molecule has 2 atom stereocenters. The molecule has 6 nitrogen and oxygen atoms in total. The molecule has 1 saturated carbocycles. The average molecular weight is 438 g/mol. The summed E-state index contributed by atoms with van der Waals surface area (Å²) in [5, 5.41) is 0. The Bertz CT molecular complexity index is 929. The van der Waals surface area contributed by atoms with Crippen molar-refractivity contribution in [1.82, 2.24) is 4.90 Å². The van der Waals surface area contributed by atoms with Crippen LogP contribution in [0.3, 0.4) is 0 Å². The summed E-state index contributed by atoms with van der Waals surface area (Å²) in [6.45, 7) is 4.59. The third-order valence-corrected chi connectivity index (χ3v) is 5.98. The van der Waals surface area contributed by atoms with E-state index in [1.165, 1.54) is 5.56 Å². The molecule has 1 aliphatic heterocycles. The second-order valence-electron chi connectivity index (χ2n) is 8.41. The first-order valence-electron chi connectivity index (χ1n) is 11.5. The highest BCUT2D eigenvalue weighted by molar-refractivity contribution is 5.95. The van der Waals surface area contributed by atoms with Gasteiger partial charge in [0.1, 0.15) is 0 Å². The van der Waals surface area contributed by atoms with Crippen LogP contribution in [-0.2, 0) is 16.0 Å². The second kappa shape index (κ2) is 10.5. The number of benzene rings is 2. The molecule has 1 fully saturated rings. The molecule has 4 rings (SSSR count). The fourth-order valence-electron chi connectivity index (χ4n) is 4.14. The largest absolute Gasteiger partial charge is 0.490 e. The number of carbonyl (C=O) groups is 2. The molecule has 2 unspecified atom stereocenters. The van der Waals surface area contributed by atoms with Gasteiger partial charge in [-0.15, -0.1) is 0 Å². The van der Waals surface area contributed by atoms with Crippen LogP contribution in [0, 0.1) is 11.8 Å². The number of hydrogen-bond acceptors (Lipinski definition) is 5. The minimum Gasteiger partial charge on any atom is -0.490 e. The molecular weight excluding hydrogens is 406 g/mol. The zero-order valence-corrected chi connectivity index (χ0v) is 18.6. The number of rotatable bonds is 9. The molecule has 6 heteroatoms. The second-order valence-corrected chi connectivity index (χ2v) is 8.41. The lowest BCUT2D eigenvalue weighted by Gasteiger charge is -2.23. The van der Waals surface area contributed by atoms with Crippen molar-refractivity contribution >= 4 is 11.9 Å². The third-order valence-electron chi connectivity index (χ3n) is 5.98. The number of amides is 1. The van der Waals surface area contributed by atoms with E-state index in [-0.39, 0.29) is 23.7 Å². The first-order chi connectivity index (χ1) is 15.7. The van der Waals surface area contributed by atoms with Gasteiger partial charge in [-0.25, -0.2) is 0 Å². The molecule has 0 spiro atoms. The van der Waals surface area contributed by atoms with Crippen molar-refractivity contribution in [3.05, 3.63) is 59.7 Å². The van der Waals surface area contributed by atoms with Crippen molar-refractivity contribution in [3.8, 4) is 11.5 Å². The minimum atomic E-state index is -0.148. The van der Waals surface area contributed by atoms with Crippen LogP contribution in [0.2, 0.25) is 0 Å². The van der Waals surface area contributed by atoms with Crippen molar-refractivity contribution in [2.75, 3.05) is 32.9 Å². The third kappa shape index (κ3) is 5.61. The molecule has 1 aliphatic carbocycles. The summed E-state index contributed by atoms with van der Waals surface area (Å²) in [6.07, 6.45) is 3.36. The number of fused-ring (bicyclic) bond motifs is 1. The van der Waals surface area contributed by atoms with Crippen molar-refractivity contribution in [2.45, 2.75) is 32.6 Å². The van der Waals surface area contributed by atoms with Gasteiger partial charge in [0, 0.05) is 25.1 Å². The van der Waals surface area contributed by atoms with E-state index in [2.05, 4.69) is 12.1 Å². The Morgan fingerprint density at radius 3 is 2.62 bits per heavy atom. The van der Waals surface area contributed by atoms with Crippen LogP contribution in [0.4, 0.5) is 0 Å². The SMILES string of the molecule is CCOC(=O)C1CC1CN(CCCc1ccccc1)C(=O)c1ccc2c(c1)OCCCO2. The van der Waals surface area contributed by atoms with Crippen LogP contribution in [0.1, 0.15) is 42.1 Å². The number of esters is 1. The van der Waals surface area contributed by atoms with Crippen LogP contribution in [0.25, 0.3) is 0 Å². The van der Waals surface area contributed by atoms with E-state index in [4.69, 9.17) is 14.2 Å². The van der Waals surface area contributed by atoms with E-state index < -0.39 is 0 Å². The Kier molecular flexibility index (Phi) is 7.30. The molecule has 32 heavy (non-hydrogen) atoms. The van der Waals surface area contributed by atoms with Gasteiger partial charge in [-0.2, -0.15) is 0 Å². The summed E-state index contributed by atoms with van der Waals surface area (Å²) >= 11 is 0.